The van der Waals surface area contributed by atoms with Gasteiger partial charge in [-0.1, -0.05) is 254 Å². The molecule has 0 saturated carbocycles. The summed E-state index contributed by atoms with van der Waals surface area (Å²) in [5, 5.41) is 0. The third kappa shape index (κ3) is 55.6. The van der Waals surface area contributed by atoms with Crippen LogP contribution < -0.4 is 0 Å². The highest BCUT2D eigenvalue weighted by Crippen LogP contribution is 2.16. The maximum absolute atomic E-state index is 12.8. The Bertz CT molecular complexity index is 1290. The summed E-state index contributed by atoms with van der Waals surface area (Å²) >= 11 is 0. The lowest BCUT2D eigenvalue weighted by Crippen LogP contribution is -2.30. The molecule has 0 rings (SSSR count). The molecular weight excluding hydrogens is 853 g/mol. The Morgan fingerprint density at radius 3 is 0.942 bits per heavy atom. The molecule has 0 saturated heterocycles. The molecule has 0 unspecified atom stereocenters. The van der Waals surface area contributed by atoms with E-state index in [9.17, 15) is 14.4 Å². The van der Waals surface area contributed by atoms with Gasteiger partial charge in [-0.25, -0.2) is 0 Å². The maximum Gasteiger partial charge on any atom is 0.306 e. The van der Waals surface area contributed by atoms with Crippen molar-refractivity contribution in [2.45, 2.75) is 297 Å². The summed E-state index contributed by atoms with van der Waals surface area (Å²) in [6, 6.07) is 0. The number of allylic oxidation sites excluding steroid dienone is 12. The quantitative estimate of drug-likeness (QED) is 0.0262. The molecule has 398 valence electrons. The number of esters is 3. The molecule has 0 radical (unpaired) electrons. The van der Waals surface area contributed by atoms with Crippen LogP contribution in [0.25, 0.3) is 0 Å². The molecule has 69 heavy (non-hydrogen) atoms. The highest BCUT2D eigenvalue weighted by atomic mass is 16.6. The number of hydrogen-bond acceptors (Lipinski definition) is 6. The summed E-state index contributed by atoms with van der Waals surface area (Å²) in [6.07, 6.45) is 73.3. The minimum absolute atomic E-state index is 0.0924. The van der Waals surface area contributed by atoms with Gasteiger partial charge in [-0.2, -0.15) is 0 Å². The minimum atomic E-state index is -0.799. The molecule has 0 aromatic rings. The molecule has 0 bridgehead atoms. The molecule has 6 heteroatoms. The van der Waals surface area contributed by atoms with Crippen LogP contribution in [0.1, 0.15) is 290 Å². The Hall–Kier alpha value is -3.15. The van der Waals surface area contributed by atoms with E-state index in [1.807, 2.05) is 0 Å². The fourth-order valence-electron chi connectivity index (χ4n) is 8.29. The Morgan fingerprint density at radius 2 is 0.565 bits per heavy atom. The van der Waals surface area contributed by atoms with E-state index < -0.39 is 6.10 Å². The van der Waals surface area contributed by atoms with Crippen LogP contribution >= 0.6 is 0 Å². The molecule has 0 heterocycles. The Labute approximate surface area is 427 Å². The van der Waals surface area contributed by atoms with Crippen LogP contribution in [0.2, 0.25) is 0 Å². The zero-order valence-electron chi connectivity index (χ0n) is 45.6. The zero-order chi connectivity index (χ0) is 50.0. The van der Waals surface area contributed by atoms with Crippen LogP contribution in [-0.2, 0) is 28.6 Å². The second-order valence-electron chi connectivity index (χ2n) is 19.5. The first-order chi connectivity index (χ1) is 34.0. The fourth-order valence-corrected chi connectivity index (χ4v) is 8.29. The van der Waals surface area contributed by atoms with E-state index in [2.05, 4.69) is 93.7 Å². The monoisotopic (exact) mass is 963 g/mol. The van der Waals surface area contributed by atoms with Gasteiger partial charge in [-0.3, -0.25) is 14.4 Å². The molecule has 0 aromatic heterocycles. The predicted octanol–water partition coefficient (Wildman–Crippen LogP) is 19.8. The first-order valence-electron chi connectivity index (χ1n) is 29.4. The van der Waals surface area contributed by atoms with Crippen molar-refractivity contribution in [3.63, 3.8) is 0 Å². The van der Waals surface area contributed by atoms with Gasteiger partial charge in [0.25, 0.3) is 0 Å². The molecule has 0 fully saturated rings. The molecule has 0 aliphatic heterocycles. The standard InChI is InChI=1S/C63H110O6/c1-4-7-10-13-16-19-22-25-28-30-31-33-36-38-41-44-47-50-53-56-62(65)68-59-60(69-63(66)57-54-51-48-45-42-39-34-27-24-21-18-15-12-9-6-3)58-67-61(64)55-52-49-46-43-40-37-35-32-29-26-23-20-17-14-11-8-5-2/h9,12,17-18,20-21,26-27,29,34,42,45,60H,4-8,10-11,13-16,19,22-25,28,30-33,35-41,43-44,46-59H2,1-3H3/b12-9-,20-17-,21-18-,29-26-,34-27-,45-42-/t60-/m1/s1. The van der Waals surface area contributed by atoms with E-state index in [-0.39, 0.29) is 37.5 Å². The number of carbonyl (C=O) groups is 3. The molecule has 0 aromatic carbocycles. The fraction of sp³-hybridized carbons (Fsp3) is 0.762. The summed E-state index contributed by atoms with van der Waals surface area (Å²) in [4.78, 5) is 38.2. The number of rotatable bonds is 53. The van der Waals surface area contributed by atoms with Gasteiger partial charge in [0.15, 0.2) is 6.10 Å². The smallest absolute Gasteiger partial charge is 0.306 e. The van der Waals surface area contributed by atoms with E-state index in [1.165, 1.54) is 154 Å². The third-order valence-corrected chi connectivity index (χ3v) is 12.7. The van der Waals surface area contributed by atoms with Crippen molar-refractivity contribution in [1.82, 2.24) is 0 Å². The molecule has 0 spiro atoms. The van der Waals surface area contributed by atoms with Crippen LogP contribution in [-0.4, -0.2) is 37.2 Å². The van der Waals surface area contributed by atoms with Gasteiger partial charge in [-0.05, 0) is 89.9 Å². The van der Waals surface area contributed by atoms with Crippen molar-refractivity contribution in [3.05, 3.63) is 72.9 Å². The molecule has 0 amide bonds. The first kappa shape index (κ1) is 65.8. The van der Waals surface area contributed by atoms with E-state index in [1.54, 1.807) is 0 Å². The second kappa shape index (κ2) is 57.4. The van der Waals surface area contributed by atoms with Crippen molar-refractivity contribution in [2.75, 3.05) is 13.2 Å². The molecular formula is C63H110O6. The first-order valence-corrected chi connectivity index (χ1v) is 29.4. The topological polar surface area (TPSA) is 78.9 Å². The number of ether oxygens (including phenoxy) is 3. The van der Waals surface area contributed by atoms with E-state index in [0.29, 0.717) is 19.3 Å². The summed E-state index contributed by atoms with van der Waals surface area (Å²) in [5.74, 6) is -0.931. The van der Waals surface area contributed by atoms with Crippen molar-refractivity contribution >= 4 is 17.9 Å². The van der Waals surface area contributed by atoms with Gasteiger partial charge in [0.1, 0.15) is 13.2 Å². The van der Waals surface area contributed by atoms with E-state index in [0.717, 1.165) is 89.9 Å². The molecule has 6 nitrogen and oxygen atoms in total. The van der Waals surface area contributed by atoms with Crippen molar-refractivity contribution in [2.24, 2.45) is 0 Å². The minimum Gasteiger partial charge on any atom is -0.462 e. The largest absolute Gasteiger partial charge is 0.462 e. The van der Waals surface area contributed by atoms with Gasteiger partial charge in [-0.15, -0.1) is 0 Å². The van der Waals surface area contributed by atoms with Gasteiger partial charge < -0.3 is 14.2 Å². The lowest BCUT2D eigenvalue weighted by molar-refractivity contribution is -0.167. The predicted molar refractivity (Wildman–Crippen MR) is 298 cm³/mol. The Kier molecular flexibility index (Phi) is 54.8. The number of unbranched alkanes of at least 4 members (excludes halogenated alkanes) is 30. The second-order valence-corrected chi connectivity index (χ2v) is 19.5. The molecule has 0 aliphatic carbocycles. The van der Waals surface area contributed by atoms with Crippen LogP contribution in [0.3, 0.4) is 0 Å². The van der Waals surface area contributed by atoms with Crippen molar-refractivity contribution < 1.29 is 28.6 Å². The summed E-state index contributed by atoms with van der Waals surface area (Å²) < 4.78 is 16.8. The maximum atomic E-state index is 12.8. The zero-order valence-corrected chi connectivity index (χ0v) is 45.6. The average molecular weight is 964 g/mol. The van der Waals surface area contributed by atoms with Crippen LogP contribution in [0.4, 0.5) is 0 Å². The molecule has 1 atom stereocenters. The number of hydrogen-bond donors (Lipinski definition) is 0. The van der Waals surface area contributed by atoms with Gasteiger partial charge in [0.2, 0.25) is 0 Å². The Balaban J connectivity index is 4.40. The summed E-state index contributed by atoms with van der Waals surface area (Å²) in [7, 11) is 0. The molecule has 0 N–H and O–H groups in total. The number of carbonyl (C=O) groups excluding carboxylic acids is 3. The van der Waals surface area contributed by atoms with Gasteiger partial charge in [0, 0.05) is 19.3 Å². The lowest BCUT2D eigenvalue weighted by atomic mass is 10.0. The van der Waals surface area contributed by atoms with Crippen molar-refractivity contribution in [3.8, 4) is 0 Å². The SMILES string of the molecule is CC/C=C\C/C=C\C/C=C\C/C=C\CCCCC(=O)O[C@H](COC(=O)CCCCCCCCC/C=C\C/C=C\CCCCC)COC(=O)CCCCCCCCCCCCCCCCCCCCC. The van der Waals surface area contributed by atoms with Crippen LogP contribution in [0.5, 0.6) is 0 Å². The highest BCUT2D eigenvalue weighted by Gasteiger charge is 2.19. The summed E-state index contributed by atoms with van der Waals surface area (Å²) in [5.41, 5.74) is 0. The van der Waals surface area contributed by atoms with Gasteiger partial charge >= 0.3 is 17.9 Å². The lowest BCUT2D eigenvalue weighted by Gasteiger charge is -2.18. The van der Waals surface area contributed by atoms with Crippen LogP contribution in [0.15, 0.2) is 72.9 Å². The van der Waals surface area contributed by atoms with Crippen molar-refractivity contribution in [1.29, 1.82) is 0 Å². The molecule has 0 aliphatic rings. The van der Waals surface area contributed by atoms with Crippen LogP contribution in [0, 0.1) is 0 Å². The van der Waals surface area contributed by atoms with Gasteiger partial charge in [0.05, 0.1) is 0 Å². The normalized spacial score (nSPS) is 12.6. The average Bonchev–Trinajstić information content (AvgIpc) is 3.35. The third-order valence-electron chi connectivity index (χ3n) is 12.7. The highest BCUT2D eigenvalue weighted by molar-refractivity contribution is 5.71. The van der Waals surface area contributed by atoms with E-state index >= 15 is 0 Å². The van der Waals surface area contributed by atoms with E-state index in [4.69, 9.17) is 14.2 Å². The Morgan fingerprint density at radius 1 is 0.304 bits per heavy atom. The summed E-state index contributed by atoms with van der Waals surface area (Å²) in [6.45, 7) is 6.49.